The van der Waals surface area contributed by atoms with E-state index in [9.17, 15) is 0 Å². The van der Waals surface area contributed by atoms with Crippen LogP contribution >= 0.6 is 0 Å². The molecule has 2 nitrogen and oxygen atoms in total. The average Bonchev–Trinajstić information content (AvgIpc) is 1.94. The summed E-state index contributed by atoms with van der Waals surface area (Å²) >= 11 is 0. The second-order valence-corrected chi connectivity index (χ2v) is 2.27. The molecule has 0 bridgehead atoms. The first-order valence-corrected chi connectivity index (χ1v) is 3.56. The fourth-order valence-electron chi connectivity index (χ4n) is 0.963. The number of ether oxygens (including phenoxy) is 1. The maximum Gasteiger partial charge on any atom is 0.0945 e. The minimum absolute atomic E-state index is 0.0324. The van der Waals surface area contributed by atoms with Crippen LogP contribution in [0.2, 0.25) is 0 Å². The molecule has 0 fully saturated rings. The van der Waals surface area contributed by atoms with Crippen molar-refractivity contribution in [2.75, 3.05) is 6.61 Å². The van der Waals surface area contributed by atoms with E-state index in [4.69, 9.17) is 10.5 Å². The molecule has 1 aliphatic carbocycles. The molecule has 10 heavy (non-hydrogen) atoms. The molecule has 2 heteroatoms. The van der Waals surface area contributed by atoms with E-state index in [0.29, 0.717) is 0 Å². The van der Waals surface area contributed by atoms with Gasteiger partial charge in [-0.2, -0.15) is 0 Å². The van der Waals surface area contributed by atoms with Crippen LogP contribution in [0.4, 0.5) is 0 Å². The van der Waals surface area contributed by atoms with Crippen LogP contribution in [0.1, 0.15) is 6.92 Å². The molecule has 0 saturated carbocycles. The minimum atomic E-state index is 0.0324. The predicted octanol–water partition coefficient (Wildman–Crippen LogP) is 0.845. The summed E-state index contributed by atoms with van der Waals surface area (Å²) < 4.78 is 5.33. The second kappa shape index (κ2) is 3.54. The standard InChI is InChI=1S/C8H13NO/c1-2-10-8-6-4-3-5-7(8)9/h3-8H,2,9H2,1H3. The van der Waals surface area contributed by atoms with Gasteiger partial charge >= 0.3 is 0 Å². The molecule has 0 aromatic heterocycles. The Kier molecular flexibility index (Phi) is 2.66. The summed E-state index contributed by atoms with van der Waals surface area (Å²) in [4.78, 5) is 0. The maximum atomic E-state index is 5.70. The van der Waals surface area contributed by atoms with Crippen LogP contribution in [0, 0.1) is 0 Å². The Morgan fingerprint density at radius 1 is 1.40 bits per heavy atom. The van der Waals surface area contributed by atoms with Gasteiger partial charge in [-0.15, -0.1) is 0 Å². The van der Waals surface area contributed by atoms with Gasteiger partial charge in [0.05, 0.1) is 12.1 Å². The Hall–Kier alpha value is -0.600. The summed E-state index contributed by atoms with van der Waals surface area (Å²) in [6.07, 6.45) is 7.91. The van der Waals surface area contributed by atoms with Crippen molar-refractivity contribution >= 4 is 0 Å². The molecule has 2 N–H and O–H groups in total. The van der Waals surface area contributed by atoms with Gasteiger partial charge in [0.2, 0.25) is 0 Å². The van der Waals surface area contributed by atoms with E-state index in [2.05, 4.69) is 0 Å². The van der Waals surface area contributed by atoms with Crippen molar-refractivity contribution in [3.63, 3.8) is 0 Å². The molecule has 2 atom stereocenters. The summed E-state index contributed by atoms with van der Waals surface area (Å²) in [6, 6.07) is 0.0324. The van der Waals surface area contributed by atoms with Crippen molar-refractivity contribution in [1.29, 1.82) is 0 Å². The van der Waals surface area contributed by atoms with Crippen LogP contribution in [-0.2, 0) is 4.74 Å². The Labute approximate surface area is 61.4 Å². The van der Waals surface area contributed by atoms with E-state index in [-0.39, 0.29) is 12.1 Å². The summed E-state index contributed by atoms with van der Waals surface area (Å²) in [7, 11) is 0. The first-order valence-electron chi connectivity index (χ1n) is 3.56. The zero-order valence-electron chi connectivity index (χ0n) is 6.16. The smallest absolute Gasteiger partial charge is 0.0945 e. The first kappa shape index (κ1) is 7.51. The molecule has 0 aromatic rings. The lowest BCUT2D eigenvalue weighted by Gasteiger charge is -2.19. The Balaban J connectivity index is 2.44. The van der Waals surface area contributed by atoms with Gasteiger partial charge in [0.15, 0.2) is 0 Å². The third kappa shape index (κ3) is 1.69. The molecule has 0 aromatic carbocycles. The van der Waals surface area contributed by atoms with Gasteiger partial charge in [0, 0.05) is 6.61 Å². The summed E-state index contributed by atoms with van der Waals surface area (Å²) in [5.41, 5.74) is 5.70. The monoisotopic (exact) mass is 139 g/mol. The second-order valence-electron chi connectivity index (χ2n) is 2.27. The van der Waals surface area contributed by atoms with Crippen molar-refractivity contribution in [2.45, 2.75) is 19.1 Å². The minimum Gasteiger partial charge on any atom is -0.372 e. The van der Waals surface area contributed by atoms with Gasteiger partial charge in [-0.1, -0.05) is 24.3 Å². The third-order valence-electron chi connectivity index (χ3n) is 1.48. The molecule has 1 rings (SSSR count). The van der Waals surface area contributed by atoms with E-state index >= 15 is 0 Å². The van der Waals surface area contributed by atoms with Gasteiger partial charge < -0.3 is 10.5 Å². The number of hydrogen-bond donors (Lipinski definition) is 1. The molecule has 0 amide bonds. The lowest BCUT2D eigenvalue weighted by atomic mass is 10.1. The van der Waals surface area contributed by atoms with Gasteiger partial charge in [0.25, 0.3) is 0 Å². The molecule has 1 aliphatic rings. The number of nitrogens with two attached hydrogens (primary N) is 1. The Bertz CT molecular complexity index is 151. The fourth-order valence-corrected chi connectivity index (χ4v) is 0.963. The van der Waals surface area contributed by atoms with Crippen LogP contribution in [0.25, 0.3) is 0 Å². The molecule has 0 saturated heterocycles. The SMILES string of the molecule is CCOC1C=CC=CC1N. The number of hydrogen-bond acceptors (Lipinski definition) is 2. The molecule has 0 radical (unpaired) electrons. The van der Waals surface area contributed by atoms with Crippen molar-refractivity contribution < 1.29 is 4.74 Å². The normalized spacial score (nSPS) is 31.0. The highest BCUT2D eigenvalue weighted by Crippen LogP contribution is 2.05. The van der Waals surface area contributed by atoms with Crippen LogP contribution in [0.5, 0.6) is 0 Å². The van der Waals surface area contributed by atoms with E-state index in [0.717, 1.165) is 6.61 Å². The quantitative estimate of drug-likeness (QED) is 0.615. The Morgan fingerprint density at radius 3 is 2.70 bits per heavy atom. The lowest BCUT2D eigenvalue weighted by molar-refractivity contribution is 0.0870. The van der Waals surface area contributed by atoms with Crippen LogP contribution < -0.4 is 5.73 Å². The van der Waals surface area contributed by atoms with Crippen molar-refractivity contribution in [3.8, 4) is 0 Å². The molecule has 0 aliphatic heterocycles. The molecular formula is C8H13NO. The fraction of sp³-hybridized carbons (Fsp3) is 0.500. The highest BCUT2D eigenvalue weighted by atomic mass is 16.5. The van der Waals surface area contributed by atoms with Crippen LogP contribution in [0.15, 0.2) is 24.3 Å². The van der Waals surface area contributed by atoms with E-state index < -0.39 is 0 Å². The zero-order valence-corrected chi connectivity index (χ0v) is 6.16. The van der Waals surface area contributed by atoms with Crippen LogP contribution in [-0.4, -0.2) is 18.8 Å². The van der Waals surface area contributed by atoms with Crippen molar-refractivity contribution in [1.82, 2.24) is 0 Å². The van der Waals surface area contributed by atoms with Gasteiger partial charge in [-0.3, -0.25) is 0 Å². The highest BCUT2D eigenvalue weighted by molar-refractivity contribution is 5.17. The summed E-state index contributed by atoms with van der Waals surface area (Å²) in [5.74, 6) is 0. The molecular weight excluding hydrogens is 126 g/mol. The summed E-state index contributed by atoms with van der Waals surface area (Å²) in [5, 5.41) is 0. The van der Waals surface area contributed by atoms with E-state index in [1.165, 1.54) is 0 Å². The topological polar surface area (TPSA) is 35.2 Å². The lowest BCUT2D eigenvalue weighted by Crippen LogP contribution is -2.34. The molecule has 0 heterocycles. The van der Waals surface area contributed by atoms with Gasteiger partial charge in [-0.25, -0.2) is 0 Å². The zero-order chi connectivity index (χ0) is 7.40. The van der Waals surface area contributed by atoms with Crippen molar-refractivity contribution in [3.05, 3.63) is 24.3 Å². The Morgan fingerprint density at radius 2 is 2.10 bits per heavy atom. The predicted molar refractivity (Wildman–Crippen MR) is 41.7 cm³/mol. The van der Waals surface area contributed by atoms with E-state index in [1.54, 1.807) is 0 Å². The number of rotatable bonds is 2. The molecule has 56 valence electrons. The van der Waals surface area contributed by atoms with Gasteiger partial charge in [0.1, 0.15) is 0 Å². The first-order chi connectivity index (χ1) is 4.84. The van der Waals surface area contributed by atoms with E-state index in [1.807, 2.05) is 31.2 Å². The van der Waals surface area contributed by atoms with Crippen LogP contribution in [0.3, 0.4) is 0 Å². The van der Waals surface area contributed by atoms with Crippen molar-refractivity contribution in [2.24, 2.45) is 5.73 Å². The summed E-state index contributed by atoms with van der Waals surface area (Å²) in [6.45, 7) is 2.69. The number of allylic oxidation sites excluding steroid dienone is 2. The molecule has 2 unspecified atom stereocenters. The average molecular weight is 139 g/mol. The molecule has 0 spiro atoms. The largest absolute Gasteiger partial charge is 0.372 e. The third-order valence-corrected chi connectivity index (χ3v) is 1.48. The maximum absolute atomic E-state index is 5.70. The van der Waals surface area contributed by atoms with Gasteiger partial charge in [-0.05, 0) is 6.92 Å². The highest BCUT2D eigenvalue weighted by Gasteiger charge is 2.12.